The van der Waals surface area contributed by atoms with E-state index in [0.29, 0.717) is 18.4 Å². The van der Waals surface area contributed by atoms with Gasteiger partial charge in [0.05, 0.1) is 5.69 Å². The molecule has 4 nitrogen and oxygen atoms in total. The zero-order chi connectivity index (χ0) is 16.4. The van der Waals surface area contributed by atoms with E-state index < -0.39 is 0 Å². The van der Waals surface area contributed by atoms with Crippen molar-refractivity contribution < 1.29 is 5.11 Å². The second-order valence-electron chi connectivity index (χ2n) is 7.21. The van der Waals surface area contributed by atoms with Crippen molar-refractivity contribution in [1.29, 1.82) is 0 Å². The molecule has 1 N–H and O–H groups in total. The van der Waals surface area contributed by atoms with E-state index in [1.54, 1.807) is 6.07 Å². The number of hydrogen-bond donors (Lipinski definition) is 1. The van der Waals surface area contributed by atoms with Crippen LogP contribution in [0.4, 0.5) is 0 Å². The minimum Gasteiger partial charge on any atom is -0.503 e. The summed E-state index contributed by atoms with van der Waals surface area (Å²) >= 11 is 0. The largest absolute Gasteiger partial charge is 0.503 e. The Kier molecular flexibility index (Phi) is 5.32. The van der Waals surface area contributed by atoms with Gasteiger partial charge in [-0.1, -0.05) is 20.8 Å². The van der Waals surface area contributed by atoms with Gasteiger partial charge in [-0.25, -0.2) is 0 Å². The summed E-state index contributed by atoms with van der Waals surface area (Å²) in [6.07, 6.45) is 2.23. The maximum absolute atomic E-state index is 12.0. The number of aromatic hydroxyl groups is 1. The second-order valence-corrected chi connectivity index (χ2v) is 7.21. The van der Waals surface area contributed by atoms with Crippen LogP contribution < -0.4 is 5.43 Å². The van der Waals surface area contributed by atoms with Crippen molar-refractivity contribution in [2.45, 2.75) is 60.0 Å². The van der Waals surface area contributed by atoms with E-state index in [1.165, 1.54) is 6.42 Å². The normalized spacial score (nSPS) is 24.4. The number of rotatable bonds is 4. The number of aryl methyl sites for hydroxylation is 1. The SMILES string of the molecule is CCC(C)n1c(C)cc(=O)c(O)c1CN1CC(C)CC(C)C1. The lowest BCUT2D eigenvalue weighted by Gasteiger charge is -2.36. The Morgan fingerprint density at radius 1 is 1.32 bits per heavy atom. The molecule has 0 radical (unpaired) electrons. The molecule has 3 atom stereocenters. The van der Waals surface area contributed by atoms with E-state index in [1.807, 2.05) is 6.92 Å². The molecule has 1 aliphatic heterocycles. The van der Waals surface area contributed by atoms with E-state index in [0.717, 1.165) is 30.9 Å². The standard InChI is InChI=1S/C18H30N2O2/c1-6-14(4)20-15(5)8-17(21)18(22)16(20)11-19-9-12(2)7-13(3)10-19/h8,12-14,22H,6-7,9-11H2,1-5H3. The van der Waals surface area contributed by atoms with Crippen LogP contribution in [0, 0.1) is 18.8 Å². The summed E-state index contributed by atoms with van der Waals surface area (Å²) in [5.74, 6) is 1.26. The third-order valence-corrected chi connectivity index (χ3v) is 4.87. The lowest BCUT2D eigenvalue weighted by Crippen LogP contribution is -2.39. The number of aromatic nitrogens is 1. The van der Waals surface area contributed by atoms with Crippen molar-refractivity contribution in [3.05, 3.63) is 27.7 Å². The van der Waals surface area contributed by atoms with Gasteiger partial charge in [0.15, 0.2) is 5.75 Å². The molecule has 0 aromatic carbocycles. The highest BCUT2D eigenvalue weighted by Crippen LogP contribution is 2.27. The second kappa shape index (κ2) is 6.86. The molecule has 1 saturated heterocycles. The quantitative estimate of drug-likeness (QED) is 0.928. The highest BCUT2D eigenvalue weighted by molar-refractivity contribution is 5.30. The van der Waals surface area contributed by atoms with Crippen LogP contribution in [-0.2, 0) is 6.54 Å². The molecule has 0 saturated carbocycles. The molecule has 124 valence electrons. The first kappa shape index (κ1) is 17.1. The van der Waals surface area contributed by atoms with E-state index >= 15 is 0 Å². The lowest BCUT2D eigenvalue weighted by molar-refractivity contribution is 0.129. The summed E-state index contributed by atoms with van der Waals surface area (Å²) in [5.41, 5.74) is 1.45. The first-order valence-electron chi connectivity index (χ1n) is 8.49. The van der Waals surface area contributed by atoms with E-state index in [2.05, 4.69) is 37.2 Å². The van der Waals surface area contributed by atoms with Gasteiger partial charge in [-0.15, -0.1) is 0 Å². The first-order valence-corrected chi connectivity index (χ1v) is 8.49. The summed E-state index contributed by atoms with van der Waals surface area (Å²) < 4.78 is 2.14. The average Bonchev–Trinajstić information content (AvgIpc) is 2.43. The summed E-state index contributed by atoms with van der Waals surface area (Å²) in [4.78, 5) is 14.4. The predicted octanol–water partition coefficient (Wildman–Crippen LogP) is 3.31. The highest BCUT2D eigenvalue weighted by atomic mass is 16.3. The molecule has 2 heterocycles. The Morgan fingerprint density at radius 3 is 2.45 bits per heavy atom. The molecule has 2 rings (SSSR count). The Hall–Kier alpha value is -1.29. The number of pyridine rings is 1. The average molecular weight is 306 g/mol. The van der Waals surface area contributed by atoms with Crippen LogP contribution in [0.5, 0.6) is 5.75 Å². The molecule has 4 heteroatoms. The van der Waals surface area contributed by atoms with Crippen molar-refractivity contribution in [2.75, 3.05) is 13.1 Å². The van der Waals surface area contributed by atoms with Crippen molar-refractivity contribution in [3.8, 4) is 5.75 Å². The Balaban J connectivity index is 2.38. The van der Waals surface area contributed by atoms with Crippen molar-refractivity contribution in [2.24, 2.45) is 11.8 Å². The van der Waals surface area contributed by atoms with Crippen LogP contribution in [0.3, 0.4) is 0 Å². The highest BCUT2D eigenvalue weighted by Gasteiger charge is 2.25. The molecular weight excluding hydrogens is 276 g/mol. The van der Waals surface area contributed by atoms with Gasteiger partial charge in [-0.3, -0.25) is 9.69 Å². The van der Waals surface area contributed by atoms with Gasteiger partial charge in [-0.05, 0) is 38.5 Å². The molecule has 0 spiro atoms. The molecule has 3 unspecified atom stereocenters. The van der Waals surface area contributed by atoms with Gasteiger partial charge in [-0.2, -0.15) is 0 Å². The summed E-state index contributed by atoms with van der Waals surface area (Å²) in [5, 5.41) is 10.3. The van der Waals surface area contributed by atoms with Gasteiger partial charge in [0, 0.05) is 37.4 Å². The Bertz CT molecular complexity index is 569. The molecule has 1 aliphatic rings. The number of likely N-dealkylation sites (tertiary alicyclic amines) is 1. The lowest BCUT2D eigenvalue weighted by atomic mass is 9.92. The molecule has 1 aromatic rings. The first-order chi connectivity index (χ1) is 10.3. The number of hydrogen-bond acceptors (Lipinski definition) is 3. The Labute approximate surface area is 133 Å². The molecule has 1 aromatic heterocycles. The van der Waals surface area contributed by atoms with E-state index in [-0.39, 0.29) is 17.2 Å². The molecule has 0 aliphatic carbocycles. The zero-order valence-corrected chi connectivity index (χ0v) is 14.6. The molecule has 1 fully saturated rings. The van der Waals surface area contributed by atoms with Crippen LogP contribution >= 0.6 is 0 Å². The maximum Gasteiger partial charge on any atom is 0.223 e. The Morgan fingerprint density at radius 2 is 1.91 bits per heavy atom. The van der Waals surface area contributed by atoms with Crippen molar-refractivity contribution in [1.82, 2.24) is 9.47 Å². The van der Waals surface area contributed by atoms with Crippen LogP contribution in [0.25, 0.3) is 0 Å². The topological polar surface area (TPSA) is 45.5 Å². The minimum absolute atomic E-state index is 0.0724. The monoisotopic (exact) mass is 306 g/mol. The van der Waals surface area contributed by atoms with Gasteiger partial charge in [0.25, 0.3) is 0 Å². The smallest absolute Gasteiger partial charge is 0.223 e. The van der Waals surface area contributed by atoms with Crippen molar-refractivity contribution in [3.63, 3.8) is 0 Å². The van der Waals surface area contributed by atoms with Crippen molar-refractivity contribution >= 4 is 0 Å². The van der Waals surface area contributed by atoms with Crippen LogP contribution in [0.1, 0.15) is 58.0 Å². The van der Waals surface area contributed by atoms with E-state index in [9.17, 15) is 9.90 Å². The zero-order valence-electron chi connectivity index (χ0n) is 14.6. The third kappa shape index (κ3) is 3.54. The maximum atomic E-state index is 12.0. The fourth-order valence-corrected chi connectivity index (χ4v) is 3.88. The van der Waals surface area contributed by atoms with Gasteiger partial charge in [0.2, 0.25) is 5.43 Å². The van der Waals surface area contributed by atoms with Crippen LogP contribution in [0.2, 0.25) is 0 Å². The molecular formula is C18H30N2O2. The molecule has 0 amide bonds. The number of nitrogens with zero attached hydrogens (tertiary/aromatic N) is 2. The summed E-state index contributed by atoms with van der Waals surface area (Å²) in [6.45, 7) is 13.5. The predicted molar refractivity (Wildman–Crippen MR) is 90.3 cm³/mol. The summed E-state index contributed by atoms with van der Waals surface area (Å²) in [6, 6.07) is 1.83. The van der Waals surface area contributed by atoms with Crippen LogP contribution in [0.15, 0.2) is 10.9 Å². The third-order valence-electron chi connectivity index (χ3n) is 4.87. The van der Waals surface area contributed by atoms with Crippen LogP contribution in [-0.4, -0.2) is 27.7 Å². The fraction of sp³-hybridized carbons (Fsp3) is 0.722. The van der Waals surface area contributed by atoms with Gasteiger partial charge in [0.1, 0.15) is 0 Å². The minimum atomic E-state index is -0.259. The van der Waals surface area contributed by atoms with E-state index in [4.69, 9.17) is 0 Å². The molecule has 22 heavy (non-hydrogen) atoms. The number of piperidine rings is 1. The van der Waals surface area contributed by atoms with Gasteiger partial charge >= 0.3 is 0 Å². The summed E-state index contributed by atoms with van der Waals surface area (Å²) in [7, 11) is 0. The van der Waals surface area contributed by atoms with Gasteiger partial charge < -0.3 is 9.67 Å². The molecule has 0 bridgehead atoms. The fourth-order valence-electron chi connectivity index (χ4n) is 3.88.